The van der Waals surface area contributed by atoms with Crippen molar-refractivity contribution < 1.29 is 14.0 Å². The summed E-state index contributed by atoms with van der Waals surface area (Å²) in [6, 6.07) is 0.851. The van der Waals surface area contributed by atoms with Gasteiger partial charge in [0.05, 0.1) is 12.2 Å². The molecule has 1 aliphatic rings. The van der Waals surface area contributed by atoms with Crippen LogP contribution < -0.4 is 5.73 Å². The summed E-state index contributed by atoms with van der Waals surface area (Å²) < 4.78 is 14.1. The Hall–Kier alpha value is -2.18. The largest absolute Gasteiger partial charge is 0.369 e. The zero-order valence-corrected chi connectivity index (χ0v) is 11.5. The number of amides is 1. The highest BCUT2D eigenvalue weighted by atomic mass is 19.1. The minimum absolute atomic E-state index is 0.0804. The van der Waals surface area contributed by atoms with E-state index in [1.807, 2.05) is 0 Å². The van der Waals surface area contributed by atoms with Gasteiger partial charge in [0.2, 0.25) is 0 Å². The summed E-state index contributed by atoms with van der Waals surface area (Å²) in [5.74, 6) is -0.211. The Labute approximate surface area is 116 Å². The van der Waals surface area contributed by atoms with Gasteiger partial charge < -0.3 is 10.3 Å². The fourth-order valence-corrected chi connectivity index (χ4v) is 2.16. The third-order valence-electron chi connectivity index (χ3n) is 3.34. The monoisotopic (exact) mass is 280 g/mol. The first-order valence-corrected chi connectivity index (χ1v) is 6.39. The number of halogens is 1. The quantitative estimate of drug-likeness (QED) is 0.813. The zero-order valence-electron chi connectivity index (χ0n) is 11.5. The number of aliphatic imine (C=N–C) groups is 1. The van der Waals surface area contributed by atoms with E-state index in [2.05, 4.69) is 4.99 Å². The number of nitrogens with zero attached hydrogens (tertiary/aromatic N) is 3. The van der Waals surface area contributed by atoms with Crippen molar-refractivity contribution in [2.24, 2.45) is 10.7 Å². The van der Waals surface area contributed by atoms with Gasteiger partial charge in [-0.3, -0.25) is 14.5 Å². The van der Waals surface area contributed by atoms with Crippen LogP contribution >= 0.6 is 0 Å². The summed E-state index contributed by atoms with van der Waals surface area (Å²) in [5.41, 5.74) is 6.57. The van der Waals surface area contributed by atoms with Crippen molar-refractivity contribution in [2.75, 3.05) is 13.7 Å². The van der Waals surface area contributed by atoms with E-state index < -0.39 is 12.7 Å². The fraction of sp³-hybridized carbons (Fsp3) is 0.462. The average Bonchev–Trinajstić information content (AvgIpc) is 2.95. The lowest BCUT2D eigenvalue weighted by Crippen LogP contribution is -2.34. The molecule has 1 atom stereocenters. The topological polar surface area (TPSA) is 80.7 Å². The van der Waals surface area contributed by atoms with Crippen LogP contribution in [0.1, 0.15) is 35.4 Å². The number of aromatic nitrogens is 1. The molecule has 108 valence electrons. The number of alkyl halides is 1. The molecule has 0 spiro atoms. The average molecular weight is 280 g/mol. The highest BCUT2D eigenvalue weighted by Crippen LogP contribution is 2.26. The molecule has 1 unspecified atom stereocenters. The number of aryl methyl sites for hydroxylation is 1. The van der Waals surface area contributed by atoms with Gasteiger partial charge in [-0.1, -0.05) is 6.92 Å². The molecule has 2 N–H and O–H groups in total. The normalized spacial score (nSPS) is 18.6. The number of Topliss-reactive ketones (excluding diaryl/α,β-unsaturated/α-hetero) is 1. The van der Waals surface area contributed by atoms with E-state index in [-0.39, 0.29) is 24.2 Å². The van der Waals surface area contributed by atoms with E-state index in [4.69, 9.17) is 5.73 Å². The van der Waals surface area contributed by atoms with E-state index in [9.17, 15) is 14.0 Å². The molecule has 2 heterocycles. The summed E-state index contributed by atoms with van der Waals surface area (Å²) >= 11 is 0. The number of hydrogen-bond donors (Lipinski definition) is 1. The molecule has 1 amide bonds. The van der Waals surface area contributed by atoms with Gasteiger partial charge in [0.25, 0.3) is 5.91 Å². The van der Waals surface area contributed by atoms with E-state index >= 15 is 0 Å². The van der Waals surface area contributed by atoms with Crippen LogP contribution in [0.2, 0.25) is 0 Å². The van der Waals surface area contributed by atoms with Gasteiger partial charge in [-0.05, 0) is 6.07 Å². The molecule has 0 aliphatic carbocycles. The standard InChI is InChI=1S/C13H17FN4O2/c1-3-10(19)9-6-8(7-18(9)5-4-14)11-12(20)17(2)13(15)16-11/h6-7,11H,3-5H2,1-2H3,(H2,15,16). The van der Waals surface area contributed by atoms with Crippen LogP contribution in [0.3, 0.4) is 0 Å². The Kier molecular flexibility index (Phi) is 3.87. The molecule has 1 aliphatic heterocycles. The van der Waals surface area contributed by atoms with Crippen molar-refractivity contribution in [3.8, 4) is 0 Å². The lowest BCUT2D eigenvalue weighted by Gasteiger charge is -2.08. The van der Waals surface area contributed by atoms with Crippen LogP contribution in [0.15, 0.2) is 17.3 Å². The van der Waals surface area contributed by atoms with Gasteiger partial charge in [-0.25, -0.2) is 9.38 Å². The fourth-order valence-electron chi connectivity index (χ4n) is 2.16. The molecule has 1 aromatic heterocycles. The van der Waals surface area contributed by atoms with Gasteiger partial charge in [-0.2, -0.15) is 0 Å². The second-order valence-electron chi connectivity index (χ2n) is 4.60. The van der Waals surface area contributed by atoms with Crippen molar-refractivity contribution in [1.82, 2.24) is 9.47 Å². The lowest BCUT2D eigenvalue weighted by atomic mass is 10.1. The number of rotatable bonds is 5. The van der Waals surface area contributed by atoms with Gasteiger partial charge in [0, 0.05) is 25.2 Å². The Balaban J connectivity index is 2.39. The number of carbonyl (C=O) groups is 2. The van der Waals surface area contributed by atoms with Gasteiger partial charge >= 0.3 is 0 Å². The summed E-state index contributed by atoms with van der Waals surface area (Å²) in [6.07, 6.45) is 1.92. The van der Waals surface area contributed by atoms with E-state index in [0.29, 0.717) is 17.7 Å². The number of hydrogen-bond acceptors (Lipinski definition) is 4. The molecule has 0 fully saturated rings. The minimum atomic E-state index is -0.746. The van der Waals surface area contributed by atoms with Crippen LogP contribution in [0, 0.1) is 0 Å². The summed E-state index contributed by atoms with van der Waals surface area (Å²) in [4.78, 5) is 29.2. The number of carbonyl (C=O) groups excluding carboxylic acids is 2. The molecule has 0 radical (unpaired) electrons. The first kappa shape index (κ1) is 14.2. The van der Waals surface area contributed by atoms with Crippen molar-refractivity contribution in [1.29, 1.82) is 0 Å². The maximum absolute atomic E-state index is 12.6. The maximum atomic E-state index is 12.6. The van der Waals surface area contributed by atoms with Crippen LogP contribution in [-0.4, -0.2) is 40.8 Å². The number of nitrogens with two attached hydrogens (primary N) is 1. The summed E-state index contributed by atoms with van der Waals surface area (Å²) in [5, 5.41) is 0. The molecule has 0 aromatic carbocycles. The number of guanidine groups is 1. The molecular formula is C13H17FN4O2. The molecule has 0 saturated heterocycles. The van der Waals surface area contributed by atoms with Crippen molar-refractivity contribution in [3.63, 3.8) is 0 Å². The van der Waals surface area contributed by atoms with Gasteiger partial charge in [0.1, 0.15) is 6.67 Å². The molecule has 1 aromatic rings. The molecule has 0 saturated carbocycles. The van der Waals surface area contributed by atoms with Gasteiger partial charge in [0.15, 0.2) is 17.8 Å². The Bertz CT molecular complexity index is 579. The maximum Gasteiger partial charge on any atom is 0.258 e. The predicted octanol–water partition coefficient (Wildman–Crippen LogP) is 0.878. The van der Waals surface area contributed by atoms with Crippen molar-refractivity contribution in [3.05, 3.63) is 23.5 Å². The lowest BCUT2D eigenvalue weighted by molar-refractivity contribution is -0.126. The van der Waals surface area contributed by atoms with Crippen LogP contribution in [0.4, 0.5) is 4.39 Å². The Morgan fingerprint density at radius 2 is 2.25 bits per heavy atom. The van der Waals surface area contributed by atoms with E-state index in [1.54, 1.807) is 19.2 Å². The first-order chi connectivity index (χ1) is 9.49. The number of ketones is 1. The third-order valence-corrected chi connectivity index (χ3v) is 3.34. The molecule has 6 nitrogen and oxygen atoms in total. The second kappa shape index (κ2) is 5.44. The number of likely N-dealkylation sites (N-methyl/N-ethyl adjacent to an activating group) is 1. The summed E-state index contributed by atoms with van der Waals surface area (Å²) in [6.45, 7) is 1.23. The highest BCUT2D eigenvalue weighted by Gasteiger charge is 2.33. The first-order valence-electron chi connectivity index (χ1n) is 6.39. The smallest absolute Gasteiger partial charge is 0.258 e. The second-order valence-corrected chi connectivity index (χ2v) is 4.60. The Morgan fingerprint density at radius 1 is 1.55 bits per heavy atom. The minimum Gasteiger partial charge on any atom is -0.369 e. The molecule has 2 rings (SSSR count). The van der Waals surface area contributed by atoms with Gasteiger partial charge in [-0.15, -0.1) is 0 Å². The predicted molar refractivity (Wildman–Crippen MR) is 72.2 cm³/mol. The third kappa shape index (κ3) is 2.31. The molecule has 7 heteroatoms. The van der Waals surface area contributed by atoms with Crippen molar-refractivity contribution in [2.45, 2.75) is 25.9 Å². The van der Waals surface area contributed by atoms with Crippen LogP contribution in [-0.2, 0) is 11.3 Å². The zero-order chi connectivity index (χ0) is 14.9. The summed E-state index contributed by atoms with van der Waals surface area (Å²) in [7, 11) is 1.54. The molecule has 0 bridgehead atoms. The van der Waals surface area contributed by atoms with Crippen molar-refractivity contribution >= 4 is 17.6 Å². The van der Waals surface area contributed by atoms with Crippen LogP contribution in [0.5, 0.6) is 0 Å². The van der Waals surface area contributed by atoms with Crippen LogP contribution in [0.25, 0.3) is 0 Å². The van der Waals surface area contributed by atoms with E-state index in [1.165, 1.54) is 16.5 Å². The molecule has 20 heavy (non-hydrogen) atoms. The Morgan fingerprint density at radius 3 is 2.75 bits per heavy atom. The van der Waals surface area contributed by atoms with E-state index in [0.717, 1.165) is 0 Å². The molecular weight excluding hydrogens is 263 g/mol. The SMILES string of the molecule is CCC(=O)c1cc(C2N=C(N)N(C)C2=O)cn1CCF. The highest BCUT2D eigenvalue weighted by molar-refractivity contribution is 6.04.